The fourth-order valence-electron chi connectivity index (χ4n) is 1.23. The fraction of sp³-hybridized carbons (Fsp3) is 0.417. The van der Waals surface area contributed by atoms with Gasteiger partial charge in [0, 0.05) is 13.1 Å². The molecule has 0 saturated heterocycles. The lowest BCUT2D eigenvalue weighted by Crippen LogP contribution is -2.32. The Morgan fingerprint density at radius 2 is 2.06 bits per heavy atom. The second-order valence-electron chi connectivity index (χ2n) is 3.42. The Kier molecular flexibility index (Phi) is 5.36. The first-order chi connectivity index (χ1) is 7.76. The first-order valence-electron chi connectivity index (χ1n) is 5.44. The summed E-state index contributed by atoms with van der Waals surface area (Å²) in [5.41, 5.74) is 6.51. The zero-order chi connectivity index (χ0) is 11.8. The molecule has 1 amide bonds. The molecule has 1 aromatic carbocycles. The molecule has 4 nitrogen and oxygen atoms in total. The Labute approximate surface area is 95.8 Å². The quantitative estimate of drug-likeness (QED) is 0.744. The van der Waals surface area contributed by atoms with Crippen LogP contribution in [0, 0.1) is 0 Å². The lowest BCUT2D eigenvalue weighted by molar-refractivity contribution is -0.123. The number of nitrogens with one attached hydrogen (secondary N) is 1. The predicted octanol–water partition coefficient (Wildman–Crippen LogP) is 0.703. The van der Waals surface area contributed by atoms with Gasteiger partial charge in [-0.25, -0.2) is 0 Å². The van der Waals surface area contributed by atoms with Crippen molar-refractivity contribution in [2.24, 2.45) is 5.73 Å². The van der Waals surface area contributed by atoms with Gasteiger partial charge in [0.1, 0.15) is 5.75 Å². The molecule has 0 bridgehead atoms. The molecule has 0 aromatic heterocycles. The van der Waals surface area contributed by atoms with E-state index in [-0.39, 0.29) is 12.5 Å². The Bertz CT molecular complexity index is 322. The molecule has 0 aliphatic carbocycles. The number of rotatable bonds is 6. The molecule has 16 heavy (non-hydrogen) atoms. The summed E-state index contributed by atoms with van der Waals surface area (Å²) < 4.78 is 5.31. The molecule has 0 aliphatic heterocycles. The Hall–Kier alpha value is -1.55. The summed E-state index contributed by atoms with van der Waals surface area (Å²) in [5, 5.41) is 2.64. The molecule has 1 rings (SSSR count). The van der Waals surface area contributed by atoms with Crippen molar-refractivity contribution in [2.45, 2.75) is 13.3 Å². The van der Waals surface area contributed by atoms with Crippen molar-refractivity contribution in [3.8, 4) is 5.75 Å². The van der Waals surface area contributed by atoms with Crippen LogP contribution in [0.4, 0.5) is 0 Å². The number of carbonyl (C=O) groups excluding carboxylic acids is 1. The molecular weight excluding hydrogens is 204 g/mol. The van der Waals surface area contributed by atoms with Crippen LogP contribution in [0.15, 0.2) is 24.3 Å². The van der Waals surface area contributed by atoms with Gasteiger partial charge in [-0.05, 0) is 24.1 Å². The van der Waals surface area contributed by atoms with E-state index in [0.29, 0.717) is 18.8 Å². The third-order valence-corrected chi connectivity index (χ3v) is 2.17. The molecule has 88 valence electrons. The average molecular weight is 222 g/mol. The van der Waals surface area contributed by atoms with Gasteiger partial charge in [0.2, 0.25) is 0 Å². The summed E-state index contributed by atoms with van der Waals surface area (Å²) in [5.74, 6) is 0.560. The minimum atomic E-state index is -0.148. The molecule has 0 fully saturated rings. The summed E-state index contributed by atoms with van der Waals surface area (Å²) in [6, 6.07) is 7.73. The molecule has 0 heterocycles. The molecule has 0 aliphatic rings. The monoisotopic (exact) mass is 222 g/mol. The number of benzene rings is 1. The zero-order valence-corrected chi connectivity index (χ0v) is 9.53. The van der Waals surface area contributed by atoms with Crippen molar-refractivity contribution in [3.05, 3.63) is 29.8 Å². The van der Waals surface area contributed by atoms with Crippen molar-refractivity contribution in [2.75, 3.05) is 19.7 Å². The average Bonchev–Trinajstić information content (AvgIpc) is 2.34. The predicted molar refractivity (Wildman–Crippen MR) is 63.4 cm³/mol. The van der Waals surface area contributed by atoms with Crippen LogP contribution in [-0.2, 0) is 11.2 Å². The van der Waals surface area contributed by atoms with Gasteiger partial charge in [0.05, 0.1) is 0 Å². The second-order valence-corrected chi connectivity index (χ2v) is 3.42. The molecule has 0 atom stereocenters. The SMILES string of the molecule is CCc1ccc(OCC(=O)NCCN)cc1. The van der Waals surface area contributed by atoms with E-state index in [1.165, 1.54) is 5.56 Å². The molecule has 1 aromatic rings. The Morgan fingerprint density at radius 1 is 1.38 bits per heavy atom. The molecule has 0 unspecified atom stereocenters. The van der Waals surface area contributed by atoms with Gasteiger partial charge in [-0.2, -0.15) is 0 Å². The van der Waals surface area contributed by atoms with E-state index >= 15 is 0 Å². The van der Waals surface area contributed by atoms with Crippen LogP contribution in [0.25, 0.3) is 0 Å². The normalized spacial score (nSPS) is 9.88. The first-order valence-corrected chi connectivity index (χ1v) is 5.44. The van der Waals surface area contributed by atoms with Gasteiger partial charge in [-0.1, -0.05) is 19.1 Å². The highest BCUT2D eigenvalue weighted by molar-refractivity contribution is 5.77. The van der Waals surface area contributed by atoms with Gasteiger partial charge in [-0.3, -0.25) is 4.79 Å². The van der Waals surface area contributed by atoms with Gasteiger partial charge in [0.25, 0.3) is 5.91 Å². The fourth-order valence-corrected chi connectivity index (χ4v) is 1.23. The first kappa shape index (κ1) is 12.5. The van der Waals surface area contributed by atoms with E-state index in [2.05, 4.69) is 12.2 Å². The summed E-state index contributed by atoms with van der Waals surface area (Å²) in [6.07, 6.45) is 0.997. The van der Waals surface area contributed by atoms with E-state index in [1.807, 2.05) is 24.3 Å². The number of hydrogen-bond acceptors (Lipinski definition) is 3. The highest BCUT2D eigenvalue weighted by atomic mass is 16.5. The number of amides is 1. The molecule has 0 radical (unpaired) electrons. The number of ether oxygens (including phenoxy) is 1. The number of carbonyl (C=O) groups is 1. The minimum absolute atomic E-state index is 0.0332. The third kappa shape index (κ3) is 4.31. The van der Waals surface area contributed by atoms with E-state index in [1.54, 1.807) is 0 Å². The standard InChI is InChI=1S/C12H18N2O2/c1-2-10-3-5-11(6-4-10)16-9-12(15)14-8-7-13/h3-6H,2,7-9,13H2,1H3,(H,14,15). The third-order valence-electron chi connectivity index (χ3n) is 2.17. The topological polar surface area (TPSA) is 64.3 Å². The van der Waals surface area contributed by atoms with Crippen LogP contribution in [0.1, 0.15) is 12.5 Å². The summed E-state index contributed by atoms with van der Waals surface area (Å²) in [6.45, 7) is 3.05. The Balaban J connectivity index is 2.33. The van der Waals surface area contributed by atoms with Gasteiger partial charge in [0.15, 0.2) is 6.61 Å². The van der Waals surface area contributed by atoms with Gasteiger partial charge < -0.3 is 15.8 Å². The molecule has 3 N–H and O–H groups in total. The van der Waals surface area contributed by atoms with Gasteiger partial charge >= 0.3 is 0 Å². The highest BCUT2D eigenvalue weighted by Gasteiger charge is 2.01. The maximum absolute atomic E-state index is 11.2. The molecule has 0 saturated carbocycles. The number of aryl methyl sites for hydroxylation is 1. The van der Waals surface area contributed by atoms with Crippen molar-refractivity contribution < 1.29 is 9.53 Å². The van der Waals surface area contributed by atoms with E-state index in [4.69, 9.17) is 10.5 Å². The number of nitrogens with two attached hydrogens (primary N) is 1. The van der Waals surface area contributed by atoms with Crippen molar-refractivity contribution in [1.29, 1.82) is 0 Å². The minimum Gasteiger partial charge on any atom is -0.484 e. The summed E-state index contributed by atoms with van der Waals surface area (Å²) in [4.78, 5) is 11.2. The van der Waals surface area contributed by atoms with Crippen LogP contribution in [0.2, 0.25) is 0 Å². The highest BCUT2D eigenvalue weighted by Crippen LogP contribution is 2.12. The Morgan fingerprint density at radius 3 is 2.62 bits per heavy atom. The molecule has 4 heteroatoms. The van der Waals surface area contributed by atoms with Crippen LogP contribution in [-0.4, -0.2) is 25.6 Å². The van der Waals surface area contributed by atoms with Gasteiger partial charge in [-0.15, -0.1) is 0 Å². The van der Waals surface area contributed by atoms with Crippen molar-refractivity contribution in [1.82, 2.24) is 5.32 Å². The maximum Gasteiger partial charge on any atom is 0.257 e. The van der Waals surface area contributed by atoms with Crippen LogP contribution in [0.5, 0.6) is 5.75 Å². The summed E-state index contributed by atoms with van der Waals surface area (Å²) in [7, 11) is 0. The van der Waals surface area contributed by atoms with Crippen LogP contribution in [0.3, 0.4) is 0 Å². The van der Waals surface area contributed by atoms with Crippen molar-refractivity contribution in [3.63, 3.8) is 0 Å². The van der Waals surface area contributed by atoms with E-state index in [0.717, 1.165) is 6.42 Å². The summed E-state index contributed by atoms with van der Waals surface area (Å²) >= 11 is 0. The largest absolute Gasteiger partial charge is 0.484 e. The van der Waals surface area contributed by atoms with E-state index < -0.39 is 0 Å². The van der Waals surface area contributed by atoms with E-state index in [9.17, 15) is 4.79 Å². The van der Waals surface area contributed by atoms with Crippen LogP contribution < -0.4 is 15.8 Å². The number of hydrogen-bond donors (Lipinski definition) is 2. The second kappa shape index (κ2) is 6.85. The lowest BCUT2D eigenvalue weighted by atomic mass is 10.2. The van der Waals surface area contributed by atoms with Crippen LogP contribution >= 0.6 is 0 Å². The molecule has 0 spiro atoms. The zero-order valence-electron chi connectivity index (χ0n) is 9.53. The van der Waals surface area contributed by atoms with Crippen molar-refractivity contribution >= 4 is 5.91 Å². The molecular formula is C12H18N2O2. The smallest absolute Gasteiger partial charge is 0.257 e. The lowest BCUT2D eigenvalue weighted by Gasteiger charge is -2.07. The maximum atomic E-state index is 11.2.